The van der Waals surface area contributed by atoms with Crippen LogP contribution < -0.4 is 5.32 Å². The Labute approximate surface area is 208 Å². The van der Waals surface area contributed by atoms with E-state index in [-0.39, 0.29) is 30.6 Å². The Morgan fingerprint density at radius 1 is 0.914 bits per heavy atom. The lowest BCUT2D eigenvalue weighted by Crippen LogP contribution is -2.51. The molecule has 4 nitrogen and oxygen atoms in total. The number of hydrogen-bond donors (Lipinski definition) is 1. The second-order valence-electron chi connectivity index (χ2n) is 9.06. The molecule has 0 saturated carbocycles. The molecule has 0 saturated heterocycles. The van der Waals surface area contributed by atoms with Crippen molar-refractivity contribution in [2.75, 3.05) is 6.54 Å². The summed E-state index contributed by atoms with van der Waals surface area (Å²) in [6.07, 6.45) is 2.30. The molecular weight excluding hydrogens is 439 g/mol. The molecule has 0 aromatic heterocycles. The van der Waals surface area contributed by atoms with Crippen molar-refractivity contribution < 1.29 is 14.0 Å². The largest absolute Gasteiger partial charge is 0.354 e. The van der Waals surface area contributed by atoms with E-state index >= 15 is 0 Å². The van der Waals surface area contributed by atoms with Gasteiger partial charge in [-0.2, -0.15) is 0 Å². The Morgan fingerprint density at radius 3 is 2.31 bits per heavy atom. The van der Waals surface area contributed by atoms with Crippen LogP contribution in [0.3, 0.4) is 0 Å². The van der Waals surface area contributed by atoms with E-state index in [2.05, 4.69) is 12.2 Å². The number of amides is 2. The molecule has 0 heterocycles. The maximum atomic E-state index is 14.6. The SMILES string of the molecule is CCCCNC(=O)[C@@H](Cc1ccccc1)N(Cc1ccccc1F)C(=O)Cc1ccc(C)c(C)c1. The molecule has 3 aromatic carbocycles. The van der Waals surface area contributed by atoms with Crippen LogP contribution in [-0.4, -0.2) is 29.3 Å². The highest BCUT2D eigenvalue weighted by Crippen LogP contribution is 2.19. The van der Waals surface area contributed by atoms with Crippen LogP contribution in [0, 0.1) is 19.7 Å². The number of unbranched alkanes of at least 4 members (excludes halogenated alkanes) is 1. The molecule has 0 radical (unpaired) electrons. The molecule has 0 fully saturated rings. The molecule has 0 aliphatic carbocycles. The monoisotopic (exact) mass is 474 g/mol. The van der Waals surface area contributed by atoms with E-state index in [0.29, 0.717) is 18.5 Å². The van der Waals surface area contributed by atoms with Gasteiger partial charge < -0.3 is 10.2 Å². The lowest BCUT2D eigenvalue weighted by molar-refractivity contribution is -0.140. The predicted octanol–water partition coefficient (Wildman–Crippen LogP) is 5.54. The first-order chi connectivity index (χ1) is 16.9. The molecule has 184 valence electrons. The van der Waals surface area contributed by atoms with Gasteiger partial charge in [0.15, 0.2) is 0 Å². The van der Waals surface area contributed by atoms with Crippen LogP contribution in [0.15, 0.2) is 72.8 Å². The van der Waals surface area contributed by atoms with E-state index in [1.165, 1.54) is 6.07 Å². The van der Waals surface area contributed by atoms with Crippen molar-refractivity contribution in [1.82, 2.24) is 10.2 Å². The number of carbonyl (C=O) groups is 2. The lowest BCUT2D eigenvalue weighted by Gasteiger charge is -2.32. The maximum absolute atomic E-state index is 14.6. The quantitative estimate of drug-likeness (QED) is 0.371. The number of hydrogen-bond acceptors (Lipinski definition) is 2. The van der Waals surface area contributed by atoms with Gasteiger partial charge in [0.05, 0.1) is 6.42 Å². The normalized spacial score (nSPS) is 11.7. The first-order valence-electron chi connectivity index (χ1n) is 12.3. The average molecular weight is 475 g/mol. The highest BCUT2D eigenvalue weighted by molar-refractivity contribution is 5.88. The molecule has 3 aromatic rings. The van der Waals surface area contributed by atoms with Crippen molar-refractivity contribution >= 4 is 11.8 Å². The summed E-state index contributed by atoms with van der Waals surface area (Å²) in [6, 6.07) is 21.2. The van der Waals surface area contributed by atoms with Gasteiger partial charge in [-0.3, -0.25) is 9.59 Å². The van der Waals surface area contributed by atoms with E-state index in [9.17, 15) is 14.0 Å². The molecule has 0 aliphatic heterocycles. The summed E-state index contributed by atoms with van der Waals surface area (Å²) >= 11 is 0. The number of nitrogens with one attached hydrogen (secondary N) is 1. The second-order valence-corrected chi connectivity index (χ2v) is 9.06. The summed E-state index contributed by atoms with van der Waals surface area (Å²) < 4.78 is 14.6. The minimum Gasteiger partial charge on any atom is -0.354 e. The Morgan fingerprint density at radius 2 is 1.63 bits per heavy atom. The van der Waals surface area contributed by atoms with Crippen molar-refractivity contribution in [1.29, 1.82) is 0 Å². The van der Waals surface area contributed by atoms with Crippen molar-refractivity contribution in [3.05, 3.63) is 106 Å². The van der Waals surface area contributed by atoms with Crippen molar-refractivity contribution in [3.8, 4) is 0 Å². The van der Waals surface area contributed by atoms with Gasteiger partial charge in [0.2, 0.25) is 11.8 Å². The summed E-state index contributed by atoms with van der Waals surface area (Å²) in [7, 11) is 0. The number of halogens is 1. The molecule has 5 heteroatoms. The fourth-order valence-electron chi connectivity index (χ4n) is 4.06. The van der Waals surface area contributed by atoms with Crippen LogP contribution >= 0.6 is 0 Å². The minimum atomic E-state index is -0.757. The maximum Gasteiger partial charge on any atom is 0.243 e. The smallest absolute Gasteiger partial charge is 0.243 e. The Balaban J connectivity index is 1.96. The molecule has 1 N–H and O–H groups in total. The molecule has 0 spiro atoms. The Kier molecular flexibility index (Phi) is 9.59. The zero-order valence-electron chi connectivity index (χ0n) is 20.9. The van der Waals surface area contributed by atoms with Gasteiger partial charge in [0.25, 0.3) is 0 Å². The van der Waals surface area contributed by atoms with Crippen LogP contribution in [0.25, 0.3) is 0 Å². The summed E-state index contributed by atoms with van der Waals surface area (Å²) in [5.74, 6) is -0.809. The minimum absolute atomic E-state index is 0.0229. The third kappa shape index (κ3) is 7.51. The molecule has 0 unspecified atom stereocenters. The standard InChI is InChI=1S/C30H35FN2O2/c1-4-5-17-32-30(35)28(19-24-11-7-6-8-12-24)33(21-26-13-9-10-14-27(26)31)29(34)20-25-16-15-22(2)23(3)18-25/h6-16,18,28H,4-5,17,19-21H2,1-3H3,(H,32,35)/t28-/m1/s1. The number of nitrogens with zero attached hydrogens (tertiary/aromatic N) is 1. The first kappa shape index (κ1) is 26.1. The zero-order chi connectivity index (χ0) is 25.2. The third-order valence-corrected chi connectivity index (χ3v) is 6.33. The van der Waals surface area contributed by atoms with E-state index in [1.54, 1.807) is 23.1 Å². The summed E-state index contributed by atoms with van der Waals surface area (Å²) in [5, 5.41) is 2.99. The van der Waals surface area contributed by atoms with Gasteiger partial charge in [-0.1, -0.05) is 80.1 Å². The van der Waals surface area contributed by atoms with E-state index < -0.39 is 6.04 Å². The summed E-state index contributed by atoms with van der Waals surface area (Å²) in [6.45, 7) is 6.67. The second kappa shape index (κ2) is 12.8. The van der Waals surface area contributed by atoms with Gasteiger partial charge in [-0.05, 0) is 48.6 Å². The van der Waals surface area contributed by atoms with Crippen molar-refractivity contribution in [2.45, 2.75) is 59.0 Å². The van der Waals surface area contributed by atoms with E-state index in [0.717, 1.165) is 35.1 Å². The lowest BCUT2D eigenvalue weighted by atomic mass is 10.00. The molecule has 0 bridgehead atoms. The van der Waals surface area contributed by atoms with Crippen LogP contribution in [0.5, 0.6) is 0 Å². The number of carbonyl (C=O) groups excluding carboxylic acids is 2. The molecule has 0 aliphatic rings. The fraction of sp³-hybridized carbons (Fsp3) is 0.333. The predicted molar refractivity (Wildman–Crippen MR) is 138 cm³/mol. The van der Waals surface area contributed by atoms with Crippen LogP contribution in [-0.2, 0) is 29.0 Å². The zero-order valence-corrected chi connectivity index (χ0v) is 20.9. The summed E-state index contributed by atoms with van der Waals surface area (Å²) in [5.41, 5.74) is 4.47. The van der Waals surface area contributed by atoms with Crippen LogP contribution in [0.1, 0.15) is 47.6 Å². The van der Waals surface area contributed by atoms with Crippen LogP contribution in [0.4, 0.5) is 4.39 Å². The van der Waals surface area contributed by atoms with E-state index in [4.69, 9.17) is 0 Å². The molecule has 35 heavy (non-hydrogen) atoms. The van der Waals surface area contributed by atoms with Gasteiger partial charge in [-0.15, -0.1) is 0 Å². The van der Waals surface area contributed by atoms with Crippen molar-refractivity contribution in [2.24, 2.45) is 0 Å². The third-order valence-electron chi connectivity index (χ3n) is 6.33. The number of aryl methyl sites for hydroxylation is 2. The molecular formula is C30H35FN2O2. The molecule has 1 atom stereocenters. The Hall–Kier alpha value is -3.47. The first-order valence-corrected chi connectivity index (χ1v) is 12.3. The van der Waals surface area contributed by atoms with Crippen LogP contribution in [0.2, 0.25) is 0 Å². The van der Waals surface area contributed by atoms with Gasteiger partial charge >= 0.3 is 0 Å². The van der Waals surface area contributed by atoms with Gasteiger partial charge in [0, 0.05) is 25.1 Å². The van der Waals surface area contributed by atoms with Crippen molar-refractivity contribution in [3.63, 3.8) is 0 Å². The topological polar surface area (TPSA) is 49.4 Å². The molecule has 2 amide bonds. The number of rotatable bonds is 11. The average Bonchev–Trinajstić information content (AvgIpc) is 2.85. The van der Waals surface area contributed by atoms with Gasteiger partial charge in [0.1, 0.15) is 11.9 Å². The number of benzene rings is 3. The summed E-state index contributed by atoms with van der Waals surface area (Å²) in [4.78, 5) is 28.7. The molecule has 3 rings (SSSR count). The highest BCUT2D eigenvalue weighted by Gasteiger charge is 2.30. The Bertz CT molecular complexity index is 1130. The highest BCUT2D eigenvalue weighted by atomic mass is 19.1. The van der Waals surface area contributed by atoms with Gasteiger partial charge in [-0.25, -0.2) is 4.39 Å². The van der Waals surface area contributed by atoms with E-state index in [1.807, 2.05) is 62.4 Å². The fourth-order valence-corrected chi connectivity index (χ4v) is 4.06.